The van der Waals surface area contributed by atoms with Crippen LogP contribution in [-0.2, 0) is 16.0 Å². The first kappa shape index (κ1) is 23.1. The molecule has 5 nitrogen and oxygen atoms in total. The fourth-order valence-corrected chi connectivity index (χ4v) is 4.62. The van der Waals surface area contributed by atoms with Crippen molar-refractivity contribution in [3.63, 3.8) is 0 Å². The molecule has 0 aromatic heterocycles. The van der Waals surface area contributed by atoms with Gasteiger partial charge in [0.25, 0.3) is 11.7 Å². The number of esters is 1. The van der Waals surface area contributed by atoms with E-state index in [2.05, 4.69) is 6.92 Å². The number of ketones is 1. The minimum absolute atomic E-state index is 0.340. The van der Waals surface area contributed by atoms with E-state index in [9.17, 15) is 14.4 Å². The first-order valence-corrected chi connectivity index (χ1v) is 11.8. The number of nitrogens with zero attached hydrogens (tertiary/aromatic N) is 1. The quantitative estimate of drug-likeness (QED) is 0.206. The van der Waals surface area contributed by atoms with Crippen molar-refractivity contribution in [1.82, 2.24) is 0 Å². The molecule has 1 aliphatic heterocycles. The normalized spacial score (nSPS) is 12.9. The molecule has 0 aliphatic carbocycles. The number of anilines is 1. The summed E-state index contributed by atoms with van der Waals surface area (Å²) in [6, 6.07) is 13.1. The molecule has 1 amide bonds. The highest BCUT2D eigenvalue weighted by atomic mass is 32.2. The molecule has 0 saturated heterocycles. The Bertz CT molecular complexity index is 939. The minimum Gasteiger partial charge on any atom is -0.465 e. The maximum Gasteiger partial charge on any atom is 0.337 e. The van der Waals surface area contributed by atoms with Crippen LogP contribution in [0.2, 0.25) is 0 Å². The molecule has 6 heteroatoms. The summed E-state index contributed by atoms with van der Waals surface area (Å²) in [6.07, 6.45) is 6.39. The molecule has 3 rings (SSSR count). The third-order valence-electron chi connectivity index (χ3n) is 5.46. The number of rotatable bonds is 11. The minimum atomic E-state index is -0.404. The fourth-order valence-electron chi connectivity index (χ4n) is 3.68. The summed E-state index contributed by atoms with van der Waals surface area (Å²) in [5.41, 5.74) is 2.93. The monoisotopic (exact) mass is 439 g/mol. The van der Waals surface area contributed by atoms with Crippen molar-refractivity contribution in [2.75, 3.05) is 24.3 Å². The van der Waals surface area contributed by atoms with E-state index in [-0.39, 0.29) is 5.97 Å². The molecule has 0 spiro atoms. The highest BCUT2D eigenvalue weighted by Gasteiger charge is 2.35. The maximum absolute atomic E-state index is 12.5. The number of unbranched alkanes of at least 4 members (excludes halogenated alkanes) is 4. The zero-order valence-corrected chi connectivity index (χ0v) is 19.0. The lowest BCUT2D eigenvalue weighted by Gasteiger charge is -2.16. The zero-order chi connectivity index (χ0) is 22.2. The molecule has 0 atom stereocenters. The average Bonchev–Trinajstić information content (AvgIpc) is 3.03. The van der Waals surface area contributed by atoms with Gasteiger partial charge in [-0.2, -0.15) is 0 Å². The molecule has 0 N–H and O–H groups in total. The van der Waals surface area contributed by atoms with E-state index >= 15 is 0 Å². The Labute approximate surface area is 188 Å². The van der Waals surface area contributed by atoms with Crippen molar-refractivity contribution in [1.29, 1.82) is 0 Å². The van der Waals surface area contributed by atoms with Crippen molar-refractivity contribution >= 4 is 35.1 Å². The van der Waals surface area contributed by atoms with Crippen LogP contribution in [-0.4, -0.2) is 37.1 Å². The van der Waals surface area contributed by atoms with Crippen LogP contribution in [0.5, 0.6) is 0 Å². The van der Waals surface area contributed by atoms with E-state index in [1.165, 1.54) is 26.4 Å². The van der Waals surface area contributed by atoms with Crippen LogP contribution in [0.4, 0.5) is 5.69 Å². The summed E-state index contributed by atoms with van der Waals surface area (Å²) < 4.78 is 4.71. The molecule has 0 fully saturated rings. The van der Waals surface area contributed by atoms with Crippen molar-refractivity contribution in [3.05, 3.63) is 59.2 Å². The predicted octanol–water partition coefficient (Wildman–Crippen LogP) is 5.31. The number of amides is 1. The topological polar surface area (TPSA) is 63.7 Å². The van der Waals surface area contributed by atoms with Gasteiger partial charge in [-0.15, -0.1) is 11.8 Å². The van der Waals surface area contributed by atoms with Crippen LogP contribution in [0, 0.1) is 0 Å². The molecule has 0 unspecified atom stereocenters. The van der Waals surface area contributed by atoms with Gasteiger partial charge in [-0.05, 0) is 48.7 Å². The van der Waals surface area contributed by atoms with Gasteiger partial charge >= 0.3 is 5.97 Å². The first-order chi connectivity index (χ1) is 15.0. The Kier molecular flexibility index (Phi) is 8.29. The van der Waals surface area contributed by atoms with Crippen LogP contribution in [0.25, 0.3) is 0 Å². The number of carbonyl (C=O) groups excluding carboxylic acids is 3. The summed E-state index contributed by atoms with van der Waals surface area (Å²) in [5.74, 6) is -0.310. The largest absolute Gasteiger partial charge is 0.465 e. The molecule has 1 aliphatic rings. The molecule has 2 aromatic rings. The fraction of sp³-hybridized carbons (Fsp3) is 0.400. The van der Waals surface area contributed by atoms with Gasteiger partial charge in [0.15, 0.2) is 0 Å². The number of Topliss-reactive ketones (excluding diaryl/α,β-unsaturated/α-hetero) is 1. The second-order valence-corrected chi connectivity index (χ2v) is 8.83. The molecule has 1 heterocycles. The number of benzene rings is 2. The Balaban J connectivity index is 1.55. The molecule has 164 valence electrons. The second kappa shape index (κ2) is 11.1. The third-order valence-corrected chi connectivity index (χ3v) is 6.46. The highest BCUT2D eigenvalue weighted by molar-refractivity contribution is 7.99. The Morgan fingerprint density at radius 1 is 1.00 bits per heavy atom. The Hall–Kier alpha value is -2.60. The zero-order valence-electron chi connectivity index (χ0n) is 18.2. The summed E-state index contributed by atoms with van der Waals surface area (Å²) in [5, 5.41) is 0. The highest BCUT2D eigenvalue weighted by Crippen LogP contribution is 2.33. The van der Waals surface area contributed by atoms with Gasteiger partial charge in [0.1, 0.15) is 0 Å². The van der Waals surface area contributed by atoms with Crippen molar-refractivity contribution in [2.45, 2.75) is 50.3 Å². The molecule has 0 saturated carbocycles. The lowest BCUT2D eigenvalue weighted by Crippen LogP contribution is -2.30. The van der Waals surface area contributed by atoms with E-state index in [1.54, 1.807) is 28.8 Å². The average molecular weight is 440 g/mol. The molecule has 2 aromatic carbocycles. The molecule has 31 heavy (non-hydrogen) atoms. The number of fused-ring (bicyclic) bond motifs is 1. The summed E-state index contributed by atoms with van der Waals surface area (Å²) in [4.78, 5) is 39.0. The van der Waals surface area contributed by atoms with Crippen LogP contribution in [0.15, 0.2) is 47.4 Å². The van der Waals surface area contributed by atoms with Gasteiger partial charge in [-0.25, -0.2) is 4.79 Å². The standard InChI is InChI=1S/C25H29NO4S/c1-3-4-5-6-7-15-26-22-13-12-20(17-21(22)23(27)24(26)28)31-16-14-18-8-10-19(11-9-18)25(29)30-2/h8-13,17H,3-7,14-16H2,1-2H3. The summed E-state index contributed by atoms with van der Waals surface area (Å²) in [7, 11) is 1.37. The van der Waals surface area contributed by atoms with Gasteiger partial charge in [0.05, 0.1) is 23.9 Å². The molecular formula is C25H29NO4S. The number of aryl methyl sites for hydroxylation is 1. The number of methoxy groups -OCH3 is 1. The lowest BCUT2D eigenvalue weighted by molar-refractivity contribution is -0.114. The molecular weight excluding hydrogens is 410 g/mol. The van der Waals surface area contributed by atoms with Crippen LogP contribution in [0.3, 0.4) is 0 Å². The smallest absolute Gasteiger partial charge is 0.337 e. The predicted molar refractivity (Wildman–Crippen MR) is 124 cm³/mol. The van der Waals surface area contributed by atoms with Crippen LogP contribution < -0.4 is 4.90 Å². The van der Waals surface area contributed by atoms with Crippen LogP contribution >= 0.6 is 11.8 Å². The summed E-state index contributed by atoms with van der Waals surface area (Å²) >= 11 is 1.65. The van der Waals surface area contributed by atoms with Crippen LogP contribution in [0.1, 0.15) is 65.3 Å². The molecule has 0 radical (unpaired) electrons. The van der Waals surface area contributed by atoms with Gasteiger partial charge in [0.2, 0.25) is 0 Å². The maximum atomic E-state index is 12.5. The van der Waals surface area contributed by atoms with Crippen molar-refractivity contribution < 1.29 is 19.1 Å². The number of hydrogen-bond acceptors (Lipinski definition) is 5. The van der Waals surface area contributed by atoms with Gasteiger partial charge < -0.3 is 9.64 Å². The molecule has 0 bridgehead atoms. The number of carbonyl (C=O) groups is 3. The number of thioether (sulfide) groups is 1. The van der Waals surface area contributed by atoms with E-state index < -0.39 is 11.7 Å². The Morgan fingerprint density at radius 3 is 2.45 bits per heavy atom. The number of hydrogen-bond donors (Lipinski definition) is 0. The first-order valence-electron chi connectivity index (χ1n) is 10.9. The van der Waals surface area contributed by atoms with Crippen molar-refractivity contribution in [2.24, 2.45) is 0 Å². The second-order valence-electron chi connectivity index (χ2n) is 7.67. The summed E-state index contributed by atoms with van der Waals surface area (Å²) in [6.45, 7) is 2.78. The van der Waals surface area contributed by atoms with Gasteiger partial charge in [-0.1, -0.05) is 44.7 Å². The number of ether oxygens (including phenoxy) is 1. The van der Waals surface area contributed by atoms with Crippen molar-refractivity contribution in [3.8, 4) is 0 Å². The third kappa shape index (κ3) is 5.76. The van der Waals surface area contributed by atoms with E-state index in [1.807, 2.05) is 30.3 Å². The van der Waals surface area contributed by atoms with E-state index in [0.29, 0.717) is 17.7 Å². The SMILES string of the molecule is CCCCCCCN1C(=O)C(=O)c2cc(SCCc3ccc(C(=O)OC)cc3)ccc21. The Morgan fingerprint density at radius 2 is 1.74 bits per heavy atom. The van der Waals surface area contributed by atoms with E-state index in [0.717, 1.165) is 41.2 Å². The van der Waals surface area contributed by atoms with Gasteiger partial charge in [-0.3, -0.25) is 9.59 Å². The lowest BCUT2D eigenvalue weighted by atomic mass is 10.1. The van der Waals surface area contributed by atoms with Gasteiger partial charge in [0, 0.05) is 17.2 Å². The van der Waals surface area contributed by atoms with E-state index in [4.69, 9.17) is 4.74 Å².